The van der Waals surface area contributed by atoms with Crippen molar-refractivity contribution in [1.29, 1.82) is 0 Å². The molecular formula is C34H31NO7. The summed E-state index contributed by atoms with van der Waals surface area (Å²) in [6.07, 6.45) is 0.00333. The molecule has 0 amide bonds. The molecule has 5 aromatic rings. The van der Waals surface area contributed by atoms with E-state index in [9.17, 15) is 35.1 Å². The predicted molar refractivity (Wildman–Crippen MR) is 160 cm³/mol. The molecule has 8 nitrogen and oxygen atoms in total. The Bertz CT molecular complexity index is 1920. The van der Waals surface area contributed by atoms with E-state index in [1.54, 1.807) is 32.0 Å². The molecule has 0 aliphatic heterocycles. The zero-order valence-corrected chi connectivity index (χ0v) is 23.7. The Morgan fingerprint density at radius 2 is 1.19 bits per heavy atom. The van der Waals surface area contributed by atoms with Crippen LogP contribution in [0.2, 0.25) is 0 Å². The summed E-state index contributed by atoms with van der Waals surface area (Å²) in [6, 6.07) is 15.3. The summed E-state index contributed by atoms with van der Waals surface area (Å²) in [6.45, 7) is 5.96. The molecule has 0 aliphatic carbocycles. The van der Waals surface area contributed by atoms with Crippen molar-refractivity contribution in [2.75, 3.05) is 0 Å². The minimum Gasteiger partial charge on any atom is -0.508 e. The number of fused-ring (bicyclic) bond motifs is 1. The smallest absolute Gasteiger partial charge is 0.163 e. The van der Waals surface area contributed by atoms with Crippen molar-refractivity contribution < 1.29 is 35.1 Å². The maximum Gasteiger partial charge on any atom is 0.163 e. The minimum atomic E-state index is -0.353. The lowest BCUT2D eigenvalue weighted by Gasteiger charge is -2.16. The lowest BCUT2D eigenvalue weighted by Crippen LogP contribution is -2.03. The number of phenols is 5. The molecule has 8 heteroatoms. The highest BCUT2D eigenvalue weighted by molar-refractivity contribution is 5.99. The standard InChI is InChI=1S/C34H31NO7/c1-16-10-23(18(3)36)33(41)27(31(16)39)14-26-25-13-21(20-6-5-7-22(38)12-20)8-9-29(25)35-30(26)15-28-32(40)17(2)11-24(19(4)37)34(28)42/h5-13,35,38-42H,14-15H2,1-4H3. The zero-order chi connectivity index (χ0) is 30.5. The maximum atomic E-state index is 12.3. The Morgan fingerprint density at radius 1 is 0.643 bits per heavy atom. The van der Waals surface area contributed by atoms with Gasteiger partial charge in [-0.3, -0.25) is 9.59 Å². The van der Waals surface area contributed by atoms with Crippen LogP contribution in [0.25, 0.3) is 22.0 Å². The number of carbonyl (C=O) groups is 2. The van der Waals surface area contributed by atoms with Gasteiger partial charge in [0.2, 0.25) is 0 Å². The number of aromatic hydroxyl groups is 5. The summed E-state index contributed by atoms with van der Waals surface area (Å²) in [5.74, 6) is -1.54. The van der Waals surface area contributed by atoms with E-state index in [4.69, 9.17) is 0 Å². The Morgan fingerprint density at radius 3 is 1.74 bits per heavy atom. The van der Waals surface area contributed by atoms with Gasteiger partial charge in [-0.15, -0.1) is 0 Å². The molecule has 0 unspecified atom stereocenters. The minimum absolute atomic E-state index is 0.00198. The van der Waals surface area contributed by atoms with Gasteiger partial charge < -0.3 is 30.5 Å². The number of Topliss-reactive ketones (excluding diaryl/α,β-unsaturated/α-hetero) is 2. The van der Waals surface area contributed by atoms with Gasteiger partial charge in [-0.05, 0) is 91.9 Å². The second-order valence-electron chi connectivity index (χ2n) is 10.7. The number of hydrogen-bond acceptors (Lipinski definition) is 7. The van der Waals surface area contributed by atoms with Gasteiger partial charge in [0, 0.05) is 40.6 Å². The summed E-state index contributed by atoms with van der Waals surface area (Å²) < 4.78 is 0. The number of ketones is 2. The highest BCUT2D eigenvalue weighted by atomic mass is 16.3. The quantitative estimate of drug-likeness (QED) is 0.122. The molecule has 214 valence electrons. The topological polar surface area (TPSA) is 151 Å². The van der Waals surface area contributed by atoms with Crippen LogP contribution in [0.4, 0.5) is 0 Å². The molecule has 5 rings (SSSR count). The second kappa shape index (κ2) is 10.6. The van der Waals surface area contributed by atoms with E-state index >= 15 is 0 Å². The Hall–Kier alpha value is -5.24. The second-order valence-corrected chi connectivity index (χ2v) is 10.7. The number of aromatic nitrogens is 1. The van der Waals surface area contributed by atoms with Crippen LogP contribution in [-0.4, -0.2) is 42.1 Å². The van der Waals surface area contributed by atoms with Crippen molar-refractivity contribution in [3.8, 4) is 39.9 Å². The number of rotatable bonds is 7. The van der Waals surface area contributed by atoms with Gasteiger partial charge in [-0.25, -0.2) is 0 Å². The van der Waals surface area contributed by atoms with Crippen LogP contribution in [-0.2, 0) is 12.8 Å². The van der Waals surface area contributed by atoms with Gasteiger partial charge in [0.05, 0.1) is 11.1 Å². The average Bonchev–Trinajstić information content (AvgIpc) is 3.28. The van der Waals surface area contributed by atoms with Gasteiger partial charge in [-0.1, -0.05) is 18.2 Å². The van der Waals surface area contributed by atoms with Crippen molar-refractivity contribution in [2.45, 2.75) is 40.5 Å². The first-order valence-corrected chi connectivity index (χ1v) is 13.4. The first-order chi connectivity index (χ1) is 19.9. The zero-order valence-electron chi connectivity index (χ0n) is 23.7. The average molecular weight is 566 g/mol. The van der Waals surface area contributed by atoms with E-state index in [0.717, 1.165) is 16.5 Å². The number of aromatic amines is 1. The lowest BCUT2D eigenvalue weighted by molar-refractivity contribution is 0.100. The third-order valence-electron chi connectivity index (χ3n) is 7.76. The number of phenolic OH excluding ortho intramolecular Hbond substituents is 5. The van der Waals surface area contributed by atoms with Crippen LogP contribution in [0.1, 0.15) is 68.1 Å². The number of benzene rings is 4. The van der Waals surface area contributed by atoms with E-state index in [-0.39, 0.29) is 75.4 Å². The van der Waals surface area contributed by atoms with Crippen LogP contribution in [0.5, 0.6) is 28.7 Å². The third-order valence-corrected chi connectivity index (χ3v) is 7.76. The van der Waals surface area contributed by atoms with Crippen LogP contribution in [0.15, 0.2) is 54.6 Å². The molecule has 1 heterocycles. The molecule has 6 N–H and O–H groups in total. The van der Waals surface area contributed by atoms with Crippen molar-refractivity contribution in [2.24, 2.45) is 0 Å². The SMILES string of the molecule is CC(=O)c1cc(C)c(O)c(Cc2[nH]c3ccc(-c4cccc(O)c4)cc3c2Cc2c(O)c(C)cc(C(C)=O)c2O)c1O. The van der Waals surface area contributed by atoms with E-state index in [1.165, 1.54) is 26.0 Å². The first kappa shape index (κ1) is 28.3. The number of carbonyl (C=O) groups excluding carboxylic acids is 2. The van der Waals surface area contributed by atoms with Crippen LogP contribution >= 0.6 is 0 Å². The van der Waals surface area contributed by atoms with Crippen LogP contribution < -0.4 is 0 Å². The van der Waals surface area contributed by atoms with E-state index in [1.807, 2.05) is 24.3 Å². The molecule has 42 heavy (non-hydrogen) atoms. The van der Waals surface area contributed by atoms with Gasteiger partial charge in [0.1, 0.15) is 28.7 Å². The fourth-order valence-corrected chi connectivity index (χ4v) is 5.48. The van der Waals surface area contributed by atoms with E-state index in [0.29, 0.717) is 27.9 Å². The summed E-state index contributed by atoms with van der Waals surface area (Å²) >= 11 is 0. The summed E-state index contributed by atoms with van der Waals surface area (Å²) in [5, 5.41) is 54.7. The van der Waals surface area contributed by atoms with Gasteiger partial charge in [-0.2, -0.15) is 0 Å². The number of nitrogens with one attached hydrogen (secondary N) is 1. The normalized spacial score (nSPS) is 11.2. The van der Waals surface area contributed by atoms with Gasteiger partial charge >= 0.3 is 0 Å². The highest BCUT2D eigenvalue weighted by Crippen LogP contribution is 2.41. The molecule has 0 spiro atoms. The summed E-state index contributed by atoms with van der Waals surface area (Å²) in [7, 11) is 0. The fourth-order valence-electron chi connectivity index (χ4n) is 5.48. The van der Waals surface area contributed by atoms with E-state index in [2.05, 4.69) is 4.98 Å². The molecule has 0 fully saturated rings. The highest BCUT2D eigenvalue weighted by Gasteiger charge is 2.24. The Labute approximate surface area is 242 Å². The molecule has 0 bridgehead atoms. The molecule has 0 atom stereocenters. The molecular weight excluding hydrogens is 534 g/mol. The van der Waals surface area contributed by atoms with Gasteiger partial charge in [0.15, 0.2) is 11.6 Å². The molecule has 0 radical (unpaired) electrons. The largest absolute Gasteiger partial charge is 0.508 e. The first-order valence-electron chi connectivity index (χ1n) is 13.4. The molecule has 0 saturated carbocycles. The molecule has 0 aliphatic rings. The number of H-pyrrole nitrogens is 1. The monoisotopic (exact) mass is 565 g/mol. The number of hydrogen-bond donors (Lipinski definition) is 6. The molecule has 0 saturated heterocycles. The number of aryl methyl sites for hydroxylation is 2. The van der Waals surface area contributed by atoms with Crippen molar-refractivity contribution in [1.82, 2.24) is 4.98 Å². The summed E-state index contributed by atoms with van der Waals surface area (Å²) in [4.78, 5) is 27.8. The molecule has 4 aromatic carbocycles. The van der Waals surface area contributed by atoms with Gasteiger partial charge in [0.25, 0.3) is 0 Å². The Balaban J connectivity index is 1.76. The van der Waals surface area contributed by atoms with Crippen molar-refractivity contribution >= 4 is 22.5 Å². The third kappa shape index (κ3) is 4.92. The van der Waals surface area contributed by atoms with Crippen molar-refractivity contribution in [3.63, 3.8) is 0 Å². The lowest BCUT2D eigenvalue weighted by atomic mass is 9.91. The van der Waals surface area contributed by atoms with E-state index < -0.39 is 0 Å². The maximum absolute atomic E-state index is 12.3. The van der Waals surface area contributed by atoms with Crippen LogP contribution in [0.3, 0.4) is 0 Å². The Kier molecular flexibility index (Phi) is 7.16. The predicted octanol–water partition coefficient (Wildman–Crippen LogP) is 6.57. The van der Waals surface area contributed by atoms with Crippen molar-refractivity contribution in [3.05, 3.63) is 99.2 Å². The fraction of sp³-hybridized carbons (Fsp3) is 0.176. The van der Waals surface area contributed by atoms with Crippen LogP contribution in [0, 0.1) is 13.8 Å². The summed E-state index contributed by atoms with van der Waals surface area (Å²) in [5.41, 5.74) is 4.82. The molecule has 1 aromatic heterocycles.